The van der Waals surface area contributed by atoms with E-state index in [-0.39, 0.29) is 23.3 Å². The molecule has 4 rings (SSSR count). The molecule has 0 spiro atoms. The summed E-state index contributed by atoms with van der Waals surface area (Å²) >= 11 is 0. The van der Waals surface area contributed by atoms with E-state index in [0.717, 1.165) is 12.1 Å². The second-order valence-corrected chi connectivity index (χ2v) is 6.30. The first-order valence-electron chi connectivity index (χ1n) is 8.27. The van der Waals surface area contributed by atoms with Crippen LogP contribution in [0.4, 0.5) is 24.8 Å². The van der Waals surface area contributed by atoms with Crippen LogP contribution in [-0.2, 0) is 12.6 Å². The smallest absolute Gasteiger partial charge is 0.416 e. The fourth-order valence-electron chi connectivity index (χ4n) is 3.13. The number of nitrogens with one attached hydrogen (secondary N) is 1. The van der Waals surface area contributed by atoms with Crippen LogP contribution >= 0.6 is 0 Å². The van der Waals surface area contributed by atoms with Gasteiger partial charge in [-0.2, -0.15) is 13.2 Å². The monoisotopic (exact) mass is 373 g/mol. The highest BCUT2D eigenvalue weighted by molar-refractivity contribution is 5.98. The van der Waals surface area contributed by atoms with E-state index >= 15 is 0 Å². The molecule has 0 amide bonds. The number of nitrogens with zero attached hydrogens (tertiary/aromatic N) is 2. The number of benzene rings is 1. The number of rotatable bonds is 3. The number of aromatic nitrogens is 2. The summed E-state index contributed by atoms with van der Waals surface area (Å²) in [6.45, 7) is 0. The van der Waals surface area contributed by atoms with Crippen molar-refractivity contribution in [3.63, 3.8) is 0 Å². The van der Waals surface area contributed by atoms with Gasteiger partial charge in [0.05, 0.1) is 23.1 Å². The molecule has 1 aliphatic carbocycles. The normalized spacial score (nSPS) is 16.9. The van der Waals surface area contributed by atoms with E-state index < -0.39 is 11.7 Å². The Kier molecular flexibility index (Phi) is 4.18. The molecule has 27 heavy (non-hydrogen) atoms. The number of halogens is 3. The van der Waals surface area contributed by atoms with Crippen LogP contribution in [0.25, 0.3) is 0 Å². The Labute approximate surface area is 152 Å². The fraction of sp³-hybridized carbons (Fsp3) is 0.211. The summed E-state index contributed by atoms with van der Waals surface area (Å²) in [4.78, 5) is 20.8. The third-order valence-electron chi connectivity index (χ3n) is 4.43. The lowest BCUT2D eigenvalue weighted by atomic mass is 9.85. The summed E-state index contributed by atoms with van der Waals surface area (Å²) in [5.41, 5.74) is 0.442. The second-order valence-electron chi connectivity index (χ2n) is 6.30. The molecule has 0 aliphatic heterocycles. The average Bonchev–Trinajstić information content (AvgIpc) is 3.15. The van der Waals surface area contributed by atoms with Crippen LogP contribution in [0.2, 0.25) is 0 Å². The van der Waals surface area contributed by atoms with Gasteiger partial charge < -0.3 is 9.73 Å². The number of ketones is 1. The Morgan fingerprint density at radius 2 is 2.00 bits per heavy atom. The van der Waals surface area contributed by atoms with Crippen molar-refractivity contribution in [2.24, 2.45) is 0 Å². The van der Waals surface area contributed by atoms with E-state index in [4.69, 9.17) is 4.42 Å². The van der Waals surface area contributed by atoms with Crippen LogP contribution in [0.1, 0.15) is 39.7 Å². The molecule has 3 aromatic rings. The van der Waals surface area contributed by atoms with E-state index in [1.54, 1.807) is 12.3 Å². The number of furan rings is 1. The number of hydrogen-bond acceptors (Lipinski definition) is 5. The van der Waals surface area contributed by atoms with Crippen LogP contribution in [0.3, 0.4) is 0 Å². The van der Waals surface area contributed by atoms with Crippen molar-refractivity contribution < 1.29 is 22.4 Å². The third-order valence-corrected chi connectivity index (χ3v) is 4.43. The Morgan fingerprint density at radius 3 is 2.74 bits per heavy atom. The van der Waals surface area contributed by atoms with Crippen LogP contribution in [0, 0.1) is 0 Å². The van der Waals surface area contributed by atoms with Crippen LogP contribution in [0.5, 0.6) is 0 Å². The Hall–Kier alpha value is -3.16. The zero-order valence-corrected chi connectivity index (χ0v) is 14.0. The second kappa shape index (κ2) is 6.53. The van der Waals surface area contributed by atoms with Gasteiger partial charge in [0, 0.05) is 30.6 Å². The Morgan fingerprint density at radius 1 is 1.15 bits per heavy atom. The maximum atomic E-state index is 12.8. The molecule has 138 valence electrons. The van der Waals surface area contributed by atoms with Gasteiger partial charge in [-0.15, -0.1) is 0 Å². The number of Topliss-reactive ketones (excluding diaryl/α,β-unsaturated/α-hetero) is 1. The third kappa shape index (κ3) is 3.55. The lowest BCUT2D eigenvalue weighted by molar-refractivity contribution is -0.137. The molecular formula is C19H14F3N3O2. The van der Waals surface area contributed by atoms with Crippen molar-refractivity contribution in [1.29, 1.82) is 0 Å². The number of carbonyl (C=O) groups is 1. The number of fused-ring (bicyclic) bond motifs is 1. The molecular weight excluding hydrogens is 359 g/mol. The lowest BCUT2D eigenvalue weighted by Gasteiger charge is -2.21. The molecule has 0 unspecified atom stereocenters. The van der Waals surface area contributed by atoms with Crippen molar-refractivity contribution in [1.82, 2.24) is 9.97 Å². The number of hydrogen-bond donors (Lipinski definition) is 1. The lowest BCUT2D eigenvalue weighted by Crippen LogP contribution is -2.20. The molecule has 0 saturated heterocycles. The van der Waals surface area contributed by atoms with Gasteiger partial charge in [0.1, 0.15) is 5.76 Å². The maximum absolute atomic E-state index is 12.8. The van der Waals surface area contributed by atoms with E-state index in [9.17, 15) is 18.0 Å². The molecule has 0 saturated carbocycles. The first-order chi connectivity index (χ1) is 12.9. The number of carbonyl (C=O) groups excluding carboxylic acids is 1. The molecule has 8 heteroatoms. The summed E-state index contributed by atoms with van der Waals surface area (Å²) in [5, 5.41) is 2.77. The van der Waals surface area contributed by atoms with Crippen LogP contribution in [-0.4, -0.2) is 15.8 Å². The van der Waals surface area contributed by atoms with Gasteiger partial charge in [0.25, 0.3) is 0 Å². The van der Waals surface area contributed by atoms with Gasteiger partial charge in [-0.1, -0.05) is 6.07 Å². The van der Waals surface area contributed by atoms with E-state index in [1.807, 2.05) is 6.07 Å². The molecule has 5 nitrogen and oxygen atoms in total. The molecule has 1 atom stereocenters. The molecule has 1 aliphatic rings. The average molecular weight is 373 g/mol. The molecule has 1 aromatic carbocycles. The summed E-state index contributed by atoms with van der Waals surface area (Å²) in [6.07, 6.45) is -0.662. The predicted octanol–water partition coefficient (Wildman–Crippen LogP) is 4.74. The van der Waals surface area contributed by atoms with Gasteiger partial charge in [-0.05, 0) is 30.3 Å². The van der Waals surface area contributed by atoms with Crippen molar-refractivity contribution in [3.8, 4) is 0 Å². The quantitative estimate of drug-likeness (QED) is 0.718. The van der Waals surface area contributed by atoms with Gasteiger partial charge in [0.15, 0.2) is 5.78 Å². The highest BCUT2D eigenvalue weighted by Crippen LogP contribution is 2.33. The van der Waals surface area contributed by atoms with Gasteiger partial charge in [0.2, 0.25) is 5.95 Å². The molecule has 0 fully saturated rings. The van der Waals surface area contributed by atoms with Gasteiger partial charge >= 0.3 is 6.18 Å². The minimum absolute atomic E-state index is 0.0803. The molecule has 0 radical (unpaired) electrons. The Bertz CT molecular complexity index is 984. The van der Waals surface area contributed by atoms with E-state index in [2.05, 4.69) is 15.3 Å². The van der Waals surface area contributed by atoms with Gasteiger partial charge in [-0.3, -0.25) is 4.79 Å². The Balaban J connectivity index is 1.60. The highest BCUT2D eigenvalue weighted by Gasteiger charge is 2.31. The van der Waals surface area contributed by atoms with Crippen LogP contribution < -0.4 is 5.32 Å². The molecule has 2 heterocycles. The van der Waals surface area contributed by atoms with Crippen molar-refractivity contribution in [2.75, 3.05) is 5.32 Å². The molecule has 2 aromatic heterocycles. The summed E-state index contributed by atoms with van der Waals surface area (Å²) < 4.78 is 43.9. The SMILES string of the molecule is O=C1C[C@@H](c2ccco2)Cc2nc(Nc3cccc(C(F)(F)F)c3)ncc21. The zero-order chi connectivity index (χ0) is 19.0. The summed E-state index contributed by atoms with van der Waals surface area (Å²) in [6, 6.07) is 8.35. The maximum Gasteiger partial charge on any atom is 0.416 e. The highest BCUT2D eigenvalue weighted by atomic mass is 19.4. The first-order valence-corrected chi connectivity index (χ1v) is 8.27. The van der Waals surface area contributed by atoms with Crippen molar-refractivity contribution in [2.45, 2.75) is 24.9 Å². The topological polar surface area (TPSA) is 68.0 Å². The minimum atomic E-state index is -4.43. The number of anilines is 2. The fourth-order valence-corrected chi connectivity index (χ4v) is 3.13. The summed E-state index contributed by atoms with van der Waals surface area (Å²) in [7, 11) is 0. The molecule has 0 bridgehead atoms. The standard InChI is InChI=1S/C19H14F3N3O2/c20-19(21,22)12-3-1-4-13(9-12)24-18-23-10-14-15(25-18)7-11(8-16(14)26)17-5-2-6-27-17/h1-6,9-11H,7-8H2,(H,23,24,25)/t11-/m0/s1. The first kappa shape index (κ1) is 17.3. The van der Waals surface area contributed by atoms with Crippen molar-refractivity contribution in [3.05, 3.63) is 71.4 Å². The molecule has 1 N–H and O–H groups in total. The van der Waals surface area contributed by atoms with Crippen LogP contribution in [0.15, 0.2) is 53.3 Å². The van der Waals surface area contributed by atoms with Gasteiger partial charge in [-0.25, -0.2) is 9.97 Å². The van der Waals surface area contributed by atoms with E-state index in [1.165, 1.54) is 18.3 Å². The largest absolute Gasteiger partial charge is 0.469 e. The minimum Gasteiger partial charge on any atom is -0.469 e. The van der Waals surface area contributed by atoms with Crippen molar-refractivity contribution >= 4 is 17.4 Å². The zero-order valence-electron chi connectivity index (χ0n) is 14.0. The summed E-state index contributed by atoms with van der Waals surface area (Å²) in [5.74, 6) is 0.653. The predicted molar refractivity (Wildman–Crippen MR) is 90.9 cm³/mol. The van der Waals surface area contributed by atoms with E-state index in [0.29, 0.717) is 29.9 Å². The number of alkyl halides is 3.